The van der Waals surface area contributed by atoms with Crippen molar-refractivity contribution < 1.29 is 34.4 Å². The summed E-state index contributed by atoms with van der Waals surface area (Å²) < 4.78 is 12.2. The smallest absolute Gasteiger partial charge is 0.347 e. The Morgan fingerprint density at radius 3 is 2.09 bits per heavy atom. The number of aromatic nitrogens is 1. The van der Waals surface area contributed by atoms with Crippen molar-refractivity contribution in [3.8, 4) is 11.5 Å². The molecule has 1 saturated heterocycles. The Morgan fingerprint density at radius 2 is 1.36 bits per heavy atom. The monoisotopic (exact) mass is 884 g/mol. The molecule has 10 heteroatoms. The molecule has 1 aliphatic heterocycles. The molecule has 1 fully saturated rings. The number of piperidine rings is 1. The number of carbonyl (C=O) groups excluding carboxylic acids is 2. The number of benzene rings is 6. The molecule has 0 saturated carbocycles. The highest BCUT2D eigenvalue weighted by molar-refractivity contribution is 5.87. The fraction of sp³-hybridized carbons (Fsp3) is 0.268. The van der Waals surface area contributed by atoms with Crippen molar-refractivity contribution in [2.45, 2.75) is 82.3 Å². The summed E-state index contributed by atoms with van der Waals surface area (Å²) in [4.78, 5) is 43.7. The van der Waals surface area contributed by atoms with E-state index in [0.717, 1.165) is 54.7 Å². The maximum atomic E-state index is 14.0. The van der Waals surface area contributed by atoms with Gasteiger partial charge in [-0.25, -0.2) is 4.79 Å². The Labute approximate surface area is 385 Å². The van der Waals surface area contributed by atoms with Gasteiger partial charge in [0.25, 0.3) is 0 Å². The molecule has 0 radical (unpaired) electrons. The number of aryl methyl sites for hydroxylation is 2. The molecule has 7 aromatic rings. The molecule has 0 aliphatic carbocycles. The average Bonchev–Trinajstić information content (AvgIpc) is 3.35. The van der Waals surface area contributed by atoms with Crippen molar-refractivity contribution in [3.05, 3.63) is 213 Å². The van der Waals surface area contributed by atoms with Gasteiger partial charge in [0, 0.05) is 49.5 Å². The lowest BCUT2D eigenvalue weighted by Crippen LogP contribution is -2.43. The average molecular weight is 885 g/mol. The van der Waals surface area contributed by atoms with Crippen molar-refractivity contribution in [1.29, 1.82) is 0 Å². The van der Waals surface area contributed by atoms with E-state index in [1.165, 1.54) is 17.7 Å². The number of aromatic hydroxyl groups is 1. The van der Waals surface area contributed by atoms with E-state index >= 15 is 0 Å². The van der Waals surface area contributed by atoms with E-state index in [1.54, 1.807) is 60.7 Å². The number of carbonyl (C=O) groups is 2. The number of nitrogens with zero attached hydrogens (tertiary/aromatic N) is 1. The van der Waals surface area contributed by atoms with Gasteiger partial charge in [0.1, 0.15) is 30.0 Å². The van der Waals surface area contributed by atoms with Crippen LogP contribution in [0.4, 0.5) is 0 Å². The Bertz CT molecular complexity index is 2770. The maximum Gasteiger partial charge on any atom is 0.347 e. The number of ketones is 1. The number of aliphatic hydroxyl groups is 2. The molecular formula is C56H56N2O8. The summed E-state index contributed by atoms with van der Waals surface area (Å²) in [5.74, 6) is -0.0767. The molecule has 66 heavy (non-hydrogen) atoms. The molecule has 338 valence electrons. The highest BCUT2D eigenvalue weighted by atomic mass is 16.6. The Kier molecular flexibility index (Phi) is 14.8. The molecule has 8 rings (SSSR count). The molecule has 10 nitrogen and oxygen atoms in total. The van der Waals surface area contributed by atoms with Crippen LogP contribution in [0.25, 0.3) is 10.9 Å². The number of nitrogens with one attached hydrogen (secondary N) is 1. The van der Waals surface area contributed by atoms with E-state index < -0.39 is 17.7 Å². The second kappa shape index (κ2) is 21.4. The summed E-state index contributed by atoms with van der Waals surface area (Å²) in [6.07, 6.45) is 3.71. The third-order valence-corrected chi connectivity index (χ3v) is 12.6. The van der Waals surface area contributed by atoms with Gasteiger partial charge in [0.05, 0.1) is 11.6 Å². The first-order valence-electron chi connectivity index (χ1n) is 22.8. The number of aromatic amines is 1. The number of H-pyrrole nitrogens is 1. The van der Waals surface area contributed by atoms with Gasteiger partial charge >= 0.3 is 5.97 Å². The van der Waals surface area contributed by atoms with Crippen LogP contribution in [0, 0.1) is 0 Å². The molecule has 6 aromatic carbocycles. The number of rotatable bonds is 19. The Morgan fingerprint density at radius 1 is 0.712 bits per heavy atom. The molecule has 4 N–H and O–H groups in total. The van der Waals surface area contributed by atoms with Gasteiger partial charge in [-0.2, -0.15) is 0 Å². The van der Waals surface area contributed by atoms with Crippen LogP contribution < -0.4 is 10.3 Å². The summed E-state index contributed by atoms with van der Waals surface area (Å²) in [5.41, 5.74) is 4.73. The van der Waals surface area contributed by atoms with Gasteiger partial charge in [-0.1, -0.05) is 127 Å². The van der Waals surface area contributed by atoms with Gasteiger partial charge in [-0.3, -0.25) is 14.5 Å². The van der Waals surface area contributed by atoms with Crippen LogP contribution in [0.1, 0.15) is 82.7 Å². The SMILES string of the molecule is O=C(CCc1ccc(COc2cccc([C@](O)(C(=O)OC3CCN(Cc4ccccc4)CC3)c3ccccc3)c2)cc1)Cc1ccc(CCC[C@H](O)c2ccc(O)c3[nH]c(=O)ccc23)cc1. The van der Waals surface area contributed by atoms with Gasteiger partial charge in [-0.15, -0.1) is 0 Å². The minimum Gasteiger partial charge on any atom is -0.506 e. The summed E-state index contributed by atoms with van der Waals surface area (Å²) in [5, 5.41) is 33.9. The number of ether oxygens (including phenoxy) is 2. The van der Waals surface area contributed by atoms with E-state index in [1.807, 2.05) is 72.8 Å². The van der Waals surface area contributed by atoms with E-state index in [2.05, 4.69) is 22.0 Å². The van der Waals surface area contributed by atoms with Crippen molar-refractivity contribution in [2.24, 2.45) is 0 Å². The summed E-state index contributed by atoms with van der Waals surface area (Å²) >= 11 is 0. The standard InChI is InChI=1S/C56H56N2O8/c59-46(35-41-21-17-39(18-22-41)11-7-16-51(60)49-27-29-52(61)54-50(49)28-30-53(62)57-54)26-25-40-19-23-43(24-20-40)38-65-48-15-8-14-45(36-48)56(64,44-12-5-2-6-13-44)55(63)66-47-31-33-58(34-32-47)37-42-9-3-1-4-10-42/h1-6,8-10,12-15,17-24,27-30,36,47,51,60-61,64H,7,11,16,25-26,31-35,37-38H2,(H,57,62)/t51-,56-/m0/s1. The van der Waals surface area contributed by atoms with Crippen molar-refractivity contribution in [1.82, 2.24) is 9.88 Å². The minimum absolute atomic E-state index is 0.0334. The van der Waals surface area contributed by atoms with Gasteiger partial charge < -0.3 is 29.8 Å². The minimum atomic E-state index is -2.03. The lowest BCUT2D eigenvalue weighted by atomic mass is 9.86. The van der Waals surface area contributed by atoms with Gasteiger partial charge in [0.2, 0.25) is 11.2 Å². The quantitative estimate of drug-likeness (QED) is 0.0584. The molecule has 0 spiro atoms. The number of phenols is 1. The van der Waals surface area contributed by atoms with Crippen LogP contribution in [-0.4, -0.2) is 56.1 Å². The summed E-state index contributed by atoms with van der Waals surface area (Å²) in [7, 11) is 0. The zero-order valence-electron chi connectivity index (χ0n) is 37.0. The number of pyridine rings is 1. The highest BCUT2D eigenvalue weighted by Gasteiger charge is 2.43. The van der Waals surface area contributed by atoms with Crippen LogP contribution in [0.5, 0.6) is 11.5 Å². The topological polar surface area (TPSA) is 149 Å². The number of aliphatic hydroxyl groups excluding tert-OH is 1. The largest absolute Gasteiger partial charge is 0.506 e. The summed E-state index contributed by atoms with van der Waals surface area (Å²) in [6, 6.07) is 48.4. The Hall–Kier alpha value is -6.85. The van der Waals surface area contributed by atoms with E-state index in [0.29, 0.717) is 71.9 Å². The molecule has 0 amide bonds. The highest BCUT2D eigenvalue weighted by Crippen LogP contribution is 2.35. The fourth-order valence-corrected chi connectivity index (χ4v) is 8.75. The predicted molar refractivity (Wildman–Crippen MR) is 255 cm³/mol. The van der Waals surface area contributed by atoms with Crippen molar-refractivity contribution in [2.75, 3.05) is 13.1 Å². The molecule has 0 bridgehead atoms. The van der Waals surface area contributed by atoms with Crippen LogP contribution >= 0.6 is 0 Å². The third kappa shape index (κ3) is 11.5. The lowest BCUT2D eigenvalue weighted by molar-refractivity contribution is -0.170. The van der Waals surface area contributed by atoms with Crippen molar-refractivity contribution in [3.63, 3.8) is 0 Å². The van der Waals surface area contributed by atoms with Crippen LogP contribution in [-0.2, 0) is 52.3 Å². The van der Waals surface area contributed by atoms with Crippen LogP contribution in [0.3, 0.4) is 0 Å². The third-order valence-electron chi connectivity index (χ3n) is 12.6. The fourth-order valence-electron chi connectivity index (χ4n) is 8.75. The number of hydrogen-bond donors (Lipinski definition) is 4. The second-order valence-corrected chi connectivity index (χ2v) is 17.3. The maximum absolute atomic E-state index is 14.0. The number of fused-ring (bicyclic) bond motifs is 1. The molecule has 1 aliphatic rings. The van der Waals surface area contributed by atoms with Crippen molar-refractivity contribution >= 4 is 22.7 Å². The molecule has 0 unspecified atom stereocenters. The number of phenolic OH excluding ortho intramolecular Hbond substituents is 1. The van der Waals surface area contributed by atoms with Gasteiger partial charge in [0.15, 0.2) is 0 Å². The number of Topliss-reactive ketones (excluding diaryl/α,β-unsaturated/α-hetero) is 1. The molecular weight excluding hydrogens is 829 g/mol. The second-order valence-electron chi connectivity index (χ2n) is 17.3. The first-order chi connectivity index (χ1) is 32.1. The predicted octanol–water partition coefficient (Wildman–Crippen LogP) is 9.06. The molecule has 2 heterocycles. The summed E-state index contributed by atoms with van der Waals surface area (Å²) in [6.45, 7) is 2.71. The van der Waals surface area contributed by atoms with Gasteiger partial charge in [-0.05, 0) is 102 Å². The van der Waals surface area contributed by atoms with E-state index in [9.17, 15) is 29.7 Å². The zero-order valence-corrected chi connectivity index (χ0v) is 37.0. The Balaban J connectivity index is 0.790. The van der Waals surface area contributed by atoms with Crippen LogP contribution in [0.15, 0.2) is 163 Å². The van der Waals surface area contributed by atoms with E-state index in [4.69, 9.17) is 9.47 Å². The number of esters is 1. The normalized spacial score (nSPS) is 14.6. The zero-order chi connectivity index (χ0) is 45.9. The number of likely N-dealkylation sites (tertiary alicyclic amines) is 1. The molecule has 1 aromatic heterocycles. The first kappa shape index (κ1) is 45.7. The first-order valence-corrected chi connectivity index (χ1v) is 22.8. The molecule has 2 atom stereocenters. The van der Waals surface area contributed by atoms with E-state index in [-0.39, 0.29) is 29.8 Å². The lowest BCUT2D eigenvalue weighted by Gasteiger charge is -2.34. The number of hydrogen-bond acceptors (Lipinski definition) is 9. The van der Waals surface area contributed by atoms with Crippen LogP contribution in [0.2, 0.25) is 0 Å².